The number of fused-ring (bicyclic) bond motifs is 3. The third-order valence-corrected chi connectivity index (χ3v) is 7.41. The molecule has 2 heterocycles. The van der Waals surface area contributed by atoms with Gasteiger partial charge in [0.15, 0.2) is 5.78 Å². The lowest BCUT2D eigenvalue weighted by Gasteiger charge is -2.44. The summed E-state index contributed by atoms with van der Waals surface area (Å²) in [5.41, 5.74) is 7.65. The van der Waals surface area contributed by atoms with Gasteiger partial charge in [-0.25, -0.2) is 4.79 Å². The van der Waals surface area contributed by atoms with Crippen LogP contribution in [0.15, 0.2) is 74.1 Å². The second-order valence-corrected chi connectivity index (χ2v) is 10.1. The number of Topliss-reactive ketones (excluding diaryl/α,β-unsaturated/α-hetero) is 1. The van der Waals surface area contributed by atoms with Crippen molar-refractivity contribution in [1.29, 1.82) is 0 Å². The SMILES string of the molecule is CCOC(=O)C1=C(N)N(c2cccc(Br)c2)C2=C(C(=O)CCC2)C12C(=O)Nc1ccc(Br)cc12. The maximum atomic E-state index is 13.8. The van der Waals surface area contributed by atoms with E-state index in [-0.39, 0.29) is 35.8 Å². The molecule has 0 saturated carbocycles. The molecule has 1 atom stereocenters. The van der Waals surface area contributed by atoms with Crippen molar-refractivity contribution in [3.8, 4) is 0 Å². The zero-order valence-corrected chi connectivity index (χ0v) is 21.5. The van der Waals surface area contributed by atoms with Crippen LogP contribution in [0.2, 0.25) is 0 Å². The molecule has 0 aromatic heterocycles. The summed E-state index contributed by atoms with van der Waals surface area (Å²) in [7, 11) is 0. The largest absolute Gasteiger partial charge is 0.462 e. The molecule has 0 radical (unpaired) electrons. The van der Waals surface area contributed by atoms with Crippen LogP contribution < -0.4 is 16.0 Å². The first-order valence-corrected chi connectivity index (χ1v) is 12.5. The third-order valence-electron chi connectivity index (χ3n) is 6.42. The van der Waals surface area contributed by atoms with Crippen molar-refractivity contribution in [2.45, 2.75) is 31.6 Å². The number of anilines is 2. The number of ether oxygens (including phenoxy) is 1. The van der Waals surface area contributed by atoms with E-state index < -0.39 is 17.3 Å². The Morgan fingerprint density at radius 2 is 1.91 bits per heavy atom. The summed E-state index contributed by atoms with van der Waals surface area (Å²) >= 11 is 6.97. The number of benzene rings is 2. The summed E-state index contributed by atoms with van der Waals surface area (Å²) in [4.78, 5) is 42.7. The van der Waals surface area contributed by atoms with Gasteiger partial charge in [-0.05, 0) is 56.2 Å². The fourth-order valence-corrected chi connectivity index (χ4v) is 5.94. The molecule has 5 rings (SSSR count). The van der Waals surface area contributed by atoms with Crippen LogP contribution in [-0.2, 0) is 24.5 Å². The van der Waals surface area contributed by atoms with E-state index in [1.807, 2.05) is 24.3 Å². The molecule has 7 nitrogen and oxygen atoms in total. The van der Waals surface area contributed by atoms with E-state index in [1.54, 1.807) is 30.0 Å². The number of esters is 1. The Hall–Kier alpha value is -2.91. The number of amides is 1. The molecule has 34 heavy (non-hydrogen) atoms. The van der Waals surface area contributed by atoms with Gasteiger partial charge in [0.1, 0.15) is 16.8 Å². The second-order valence-electron chi connectivity index (χ2n) is 8.29. The lowest BCUT2D eigenvalue weighted by atomic mass is 9.63. The standard InChI is InChI=1S/C25H21Br2N3O4/c1-2-34-23(32)21-22(28)30(15-6-3-5-13(26)11-15)18-7-4-8-19(31)20(18)25(21)16-12-14(27)9-10-17(16)29-24(25)33/h3,5-6,9-12H,2,4,7-8,28H2,1H3,(H,29,33). The van der Waals surface area contributed by atoms with Gasteiger partial charge in [-0.3, -0.25) is 14.5 Å². The maximum Gasteiger partial charge on any atom is 0.339 e. The monoisotopic (exact) mass is 585 g/mol. The highest BCUT2D eigenvalue weighted by molar-refractivity contribution is 9.10. The van der Waals surface area contributed by atoms with Crippen LogP contribution in [0.4, 0.5) is 11.4 Å². The predicted octanol–water partition coefficient (Wildman–Crippen LogP) is 4.66. The molecule has 2 aromatic rings. The number of hydrogen-bond donors (Lipinski definition) is 2. The van der Waals surface area contributed by atoms with Crippen molar-refractivity contribution < 1.29 is 19.1 Å². The molecular formula is C25H21Br2N3O4. The summed E-state index contributed by atoms with van der Waals surface area (Å²) in [6, 6.07) is 12.7. The number of nitrogens with two attached hydrogens (primary N) is 1. The van der Waals surface area contributed by atoms with Crippen LogP contribution in [0, 0.1) is 0 Å². The molecule has 1 spiro atoms. The van der Waals surface area contributed by atoms with Crippen LogP contribution in [0.1, 0.15) is 31.7 Å². The fraction of sp³-hybridized carbons (Fsp3) is 0.240. The Morgan fingerprint density at radius 1 is 1.15 bits per heavy atom. The quantitative estimate of drug-likeness (QED) is 0.507. The summed E-state index contributed by atoms with van der Waals surface area (Å²) in [6.45, 7) is 1.78. The first-order chi connectivity index (χ1) is 16.3. The molecular weight excluding hydrogens is 566 g/mol. The lowest BCUT2D eigenvalue weighted by molar-refractivity contribution is -0.140. The topological polar surface area (TPSA) is 102 Å². The zero-order valence-electron chi connectivity index (χ0n) is 18.3. The van der Waals surface area contributed by atoms with Crippen molar-refractivity contribution in [3.05, 3.63) is 79.6 Å². The molecule has 0 saturated heterocycles. The van der Waals surface area contributed by atoms with Gasteiger partial charge in [0.25, 0.3) is 0 Å². The van der Waals surface area contributed by atoms with Gasteiger partial charge in [0.05, 0.1) is 6.61 Å². The van der Waals surface area contributed by atoms with Crippen LogP contribution in [-0.4, -0.2) is 24.3 Å². The molecule has 1 amide bonds. The van der Waals surface area contributed by atoms with Gasteiger partial charge in [0, 0.05) is 43.6 Å². The summed E-state index contributed by atoms with van der Waals surface area (Å²) in [6.07, 6.45) is 1.43. The minimum absolute atomic E-state index is 0.0438. The molecule has 2 aromatic carbocycles. The molecule has 1 aliphatic carbocycles. The average Bonchev–Trinajstić information content (AvgIpc) is 3.06. The second kappa shape index (κ2) is 8.39. The van der Waals surface area contributed by atoms with E-state index in [0.29, 0.717) is 39.9 Å². The van der Waals surface area contributed by atoms with Crippen LogP contribution >= 0.6 is 31.9 Å². The number of allylic oxidation sites excluding steroid dienone is 1. The van der Waals surface area contributed by atoms with Gasteiger partial charge in [-0.1, -0.05) is 37.9 Å². The number of carbonyl (C=O) groups excluding carboxylic acids is 3. The van der Waals surface area contributed by atoms with Crippen molar-refractivity contribution in [3.63, 3.8) is 0 Å². The normalized spacial score (nSPS) is 21.6. The number of ketones is 1. The molecule has 2 aliphatic heterocycles. The summed E-state index contributed by atoms with van der Waals surface area (Å²) < 4.78 is 6.94. The highest BCUT2D eigenvalue weighted by Crippen LogP contribution is 2.56. The molecule has 1 unspecified atom stereocenters. The molecule has 9 heteroatoms. The highest BCUT2D eigenvalue weighted by Gasteiger charge is 2.62. The molecule has 0 bridgehead atoms. The summed E-state index contributed by atoms with van der Waals surface area (Å²) in [5, 5.41) is 2.88. The smallest absolute Gasteiger partial charge is 0.339 e. The number of rotatable bonds is 3. The van der Waals surface area contributed by atoms with Crippen molar-refractivity contribution in [1.82, 2.24) is 0 Å². The van der Waals surface area contributed by atoms with Gasteiger partial charge in [0.2, 0.25) is 5.91 Å². The Balaban J connectivity index is 1.91. The first kappa shape index (κ1) is 22.9. The van der Waals surface area contributed by atoms with Crippen LogP contribution in [0.5, 0.6) is 0 Å². The zero-order chi connectivity index (χ0) is 24.2. The van der Waals surface area contributed by atoms with Crippen molar-refractivity contribution in [2.75, 3.05) is 16.8 Å². The van der Waals surface area contributed by atoms with E-state index in [2.05, 4.69) is 37.2 Å². The van der Waals surface area contributed by atoms with Gasteiger partial charge in [-0.15, -0.1) is 0 Å². The van der Waals surface area contributed by atoms with Gasteiger partial charge >= 0.3 is 5.97 Å². The number of hydrogen-bond acceptors (Lipinski definition) is 6. The fourth-order valence-electron chi connectivity index (χ4n) is 5.19. The van der Waals surface area contributed by atoms with Gasteiger partial charge < -0.3 is 15.8 Å². The van der Waals surface area contributed by atoms with E-state index in [1.165, 1.54) is 0 Å². The number of carbonyl (C=O) groups is 3. The van der Waals surface area contributed by atoms with Gasteiger partial charge in [-0.2, -0.15) is 0 Å². The van der Waals surface area contributed by atoms with E-state index in [0.717, 1.165) is 4.47 Å². The molecule has 0 fully saturated rings. The Morgan fingerprint density at radius 3 is 2.65 bits per heavy atom. The number of nitrogens with zero attached hydrogens (tertiary/aromatic N) is 1. The minimum Gasteiger partial charge on any atom is -0.462 e. The molecule has 3 N–H and O–H groups in total. The average molecular weight is 587 g/mol. The Bertz CT molecular complexity index is 1330. The lowest BCUT2D eigenvalue weighted by Crippen LogP contribution is -2.53. The minimum atomic E-state index is -1.69. The number of halogens is 2. The third kappa shape index (κ3) is 3.17. The van der Waals surface area contributed by atoms with Crippen molar-refractivity contribution in [2.24, 2.45) is 5.73 Å². The Labute approximate surface area is 213 Å². The summed E-state index contributed by atoms with van der Waals surface area (Å²) in [5.74, 6) is -1.32. The molecule has 174 valence electrons. The highest BCUT2D eigenvalue weighted by atomic mass is 79.9. The predicted molar refractivity (Wildman–Crippen MR) is 135 cm³/mol. The maximum absolute atomic E-state index is 13.8. The number of nitrogens with one attached hydrogen (secondary N) is 1. The Kier molecular flexibility index (Phi) is 5.64. The van der Waals surface area contributed by atoms with Crippen molar-refractivity contribution >= 4 is 60.9 Å². The van der Waals surface area contributed by atoms with E-state index in [9.17, 15) is 14.4 Å². The van der Waals surface area contributed by atoms with E-state index in [4.69, 9.17) is 10.5 Å². The van der Waals surface area contributed by atoms with E-state index >= 15 is 0 Å². The van der Waals surface area contributed by atoms with Crippen LogP contribution in [0.3, 0.4) is 0 Å². The van der Waals surface area contributed by atoms with Crippen LogP contribution in [0.25, 0.3) is 0 Å². The molecule has 3 aliphatic rings. The first-order valence-electron chi connectivity index (χ1n) is 10.9.